The van der Waals surface area contributed by atoms with E-state index in [9.17, 15) is 9.90 Å². The van der Waals surface area contributed by atoms with Crippen LogP contribution < -0.4 is 5.32 Å². The molecule has 0 spiro atoms. The summed E-state index contributed by atoms with van der Waals surface area (Å²) < 4.78 is 0. The summed E-state index contributed by atoms with van der Waals surface area (Å²) in [5.74, 6) is -0.109. The lowest BCUT2D eigenvalue weighted by molar-refractivity contribution is -0.130. The van der Waals surface area contributed by atoms with Gasteiger partial charge in [0.25, 0.3) is 0 Å². The van der Waals surface area contributed by atoms with Gasteiger partial charge in [0.05, 0.1) is 0 Å². The van der Waals surface area contributed by atoms with Gasteiger partial charge in [-0.3, -0.25) is 4.79 Å². The molecule has 0 radical (unpaired) electrons. The van der Waals surface area contributed by atoms with Gasteiger partial charge in [0.1, 0.15) is 6.23 Å². The lowest BCUT2D eigenvalue weighted by atomic mass is 9.94. The molecular weight excluding hydrogens is 166 g/mol. The molecule has 0 aromatic rings. The smallest absolute Gasteiger partial charge is 0.224 e. The molecule has 0 saturated carbocycles. The highest BCUT2D eigenvalue weighted by molar-refractivity contribution is 5.78. The summed E-state index contributed by atoms with van der Waals surface area (Å²) in [5, 5.41) is 12.2. The highest BCUT2D eigenvalue weighted by Crippen LogP contribution is 2.17. The van der Waals surface area contributed by atoms with Crippen molar-refractivity contribution in [1.82, 2.24) is 5.32 Å². The molecule has 1 amide bonds. The second-order valence-electron chi connectivity index (χ2n) is 4.59. The lowest BCUT2D eigenvalue weighted by Crippen LogP contribution is -2.45. The van der Waals surface area contributed by atoms with Crippen LogP contribution in [0.5, 0.6) is 0 Å². The van der Waals surface area contributed by atoms with Crippen molar-refractivity contribution in [2.75, 3.05) is 0 Å². The van der Waals surface area contributed by atoms with Gasteiger partial charge in [0.15, 0.2) is 0 Å². The first-order valence-corrected chi connectivity index (χ1v) is 4.77. The van der Waals surface area contributed by atoms with Crippen molar-refractivity contribution in [2.24, 2.45) is 11.3 Å². The van der Waals surface area contributed by atoms with E-state index in [0.717, 1.165) is 6.42 Å². The SMILES string of the molecule is CCC(C)C(=O)NC(O)C(C)(C)C. The third-order valence-corrected chi connectivity index (χ3v) is 2.16. The molecule has 0 fully saturated rings. The maximum Gasteiger partial charge on any atom is 0.224 e. The van der Waals surface area contributed by atoms with Crippen molar-refractivity contribution in [3.05, 3.63) is 0 Å². The third kappa shape index (κ3) is 4.27. The van der Waals surface area contributed by atoms with Crippen LogP contribution in [0.25, 0.3) is 0 Å². The molecule has 0 aliphatic heterocycles. The van der Waals surface area contributed by atoms with Crippen molar-refractivity contribution >= 4 is 5.91 Å². The molecule has 0 aromatic carbocycles. The van der Waals surface area contributed by atoms with Crippen LogP contribution in [0.15, 0.2) is 0 Å². The Morgan fingerprint density at radius 3 is 2.23 bits per heavy atom. The van der Waals surface area contributed by atoms with Crippen LogP contribution in [-0.2, 0) is 4.79 Å². The third-order valence-electron chi connectivity index (χ3n) is 2.16. The Morgan fingerprint density at radius 1 is 1.46 bits per heavy atom. The van der Waals surface area contributed by atoms with Gasteiger partial charge in [-0.05, 0) is 6.42 Å². The van der Waals surface area contributed by atoms with Crippen molar-refractivity contribution in [3.63, 3.8) is 0 Å². The summed E-state index contributed by atoms with van der Waals surface area (Å²) in [4.78, 5) is 11.4. The maximum absolute atomic E-state index is 11.4. The molecule has 2 unspecified atom stereocenters. The highest BCUT2D eigenvalue weighted by Gasteiger charge is 2.24. The Hall–Kier alpha value is -0.570. The van der Waals surface area contributed by atoms with Gasteiger partial charge in [-0.1, -0.05) is 34.6 Å². The summed E-state index contributed by atoms with van der Waals surface area (Å²) in [6, 6.07) is 0. The second kappa shape index (κ2) is 4.61. The molecule has 2 atom stereocenters. The molecule has 0 saturated heterocycles. The largest absolute Gasteiger partial charge is 0.373 e. The Balaban J connectivity index is 4.07. The molecule has 0 rings (SSSR count). The van der Waals surface area contributed by atoms with Crippen LogP contribution in [0.3, 0.4) is 0 Å². The van der Waals surface area contributed by atoms with Gasteiger partial charge in [-0.15, -0.1) is 0 Å². The first kappa shape index (κ1) is 12.4. The van der Waals surface area contributed by atoms with Gasteiger partial charge in [-0.25, -0.2) is 0 Å². The van der Waals surface area contributed by atoms with Crippen LogP contribution in [0.1, 0.15) is 41.0 Å². The summed E-state index contributed by atoms with van der Waals surface area (Å²) in [6.07, 6.45) is 0.0249. The van der Waals surface area contributed by atoms with E-state index >= 15 is 0 Å². The topological polar surface area (TPSA) is 49.3 Å². The Labute approximate surface area is 80.5 Å². The van der Waals surface area contributed by atoms with E-state index in [1.165, 1.54) is 0 Å². The molecule has 0 aliphatic rings. The first-order valence-electron chi connectivity index (χ1n) is 4.77. The normalized spacial score (nSPS) is 16.5. The number of amides is 1. The predicted molar refractivity (Wildman–Crippen MR) is 53.1 cm³/mol. The lowest BCUT2D eigenvalue weighted by Gasteiger charge is -2.27. The Morgan fingerprint density at radius 2 is 1.92 bits per heavy atom. The highest BCUT2D eigenvalue weighted by atomic mass is 16.3. The zero-order chi connectivity index (χ0) is 10.6. The molecule has 0 bridgehead atoms. The molecule has 0 heterocycles. The predicted octanol–water partition coefficient (Wildman–Crippen LogP) is 1.51. The van der Waals surface area contributed by atoms with E-state index in [-0.39, 0.29) is 17.2 Å². The maximum atomic E-state index is 11.4. The van der Waals surface area contributed by atoms with E-state index in [4.69, 9.17) is 0 Å². The quantitative estimate of drug-likeness (QED) is 0.658. The second-order valence-corrected chi connectivity index (χ2v) is 4.59. The molecular formula is C10H21NO2. The molecule has 78 valence electrons. The van der Waals surface area contributed by atoms with E-state index < -0.39 is 6.23 Å². The molecule has 0 aliphatic carbocycles. The van der Waals surface area contributed by atoms with Gasteiger partial charge in [0, 0.05) is 11.3 Å². The van der Waals surface area contributed by atoms with Gasteiger partial charge in [0.2, 0.25) is 5.91 Å². The van der Waals surface area contributed by atoms with Gasteiger partial charge >= 0.3 is 0 Å². The fraction of sp³-hybridized carbons (Fsp3) is 0.900. The minimum atomic E-state index is -0.769. The van der Waals surface area contributed by atoms with E-state index in [0.29, 0.717) is 0 Å². The summed E-state index contributed by atoms with van der Waals surface area (Å²) >= 11 is 0. The van der Waals surface area contributed by atoms with Crippen LogP contribution in [-0.4, -0.2) is 17.2 Å². The average Bonchev–Trinajstić information content (AvgIpc) is 2.01. The number of hydrogen-bond acceptors (Lipinski definition) is 2. The molecule has 0 aromatic heterocycles. The summed E-state index contributed by atoms with van der Waals surface area (Å²) in [5.41, 5.74) is -0.302. The fourth-order valence-electron chi connectivity index (χ4n) is 0.679. The van der Waals surface area contributed by atoms with Crippen LogP contribution in [0.4, 0.5) is 0 Å². The molecule has 3 nitrogen and oxygen atoms in total. The molecule has 3 heteroatoms. The minimum Gasteiger partial charge on any atom is -0.373 e. The standard InChI is InChI=1S/C10H21NO2/c1-6-7(2)8(12)11-9(13)10(3,4)5/h7,9,13H,6H2,1-5H3,(H,11,12). The van der Waals surface area contributed by atoms with Crippen LogP contribution >= 0.6 is 0 Å². The summed E-state index contributed by atoms with van der Waals surface area (Å²) in [7, 11) is 0. The Bertz CT molecular complexity index is 172. The fourth-order valence-corrected chi connectivity index (χ4v) is 0.679. The minimum absolute atomic E-state index is 0.0306. The van der Waals surface area contributed by atoms with E-state index in [1.54, 1.807) is 0 Å². The first-order chi connectivity index (χ1) is 5.79. The average molecular weight is 187 g/mol. The number of carbonyl (C=O) groups excluding carboxylic acids is 1. The monoisotopic (exact) mass is 187 g/mol. The Kier molecular flexibility index (Phi) is 4.40. The number of rotatable bonds is 3. The van der Waals surface area contributed by atoms with Crippen molar-refractivity contribution in [1.29, 1.82) is 0 Å². The zero-order valence-electron chi connectivity index (χ0n) is 9.22. The number of aliphatic hydroxyl groups is 1. The van der Waals surface area contributed by atoms with Crippen LogP contribution in [0, 0.1) is 11.3 Å². The number of nitrogens with one attached hydrogen (secondary N) is 1. The number of hydrogen-bond donors (Lipinski definition) is 2. The van der Waals surface area contributed by atoms with E-state index in [2.05, 4.69) is 5.32 Å². The van der Waals surface area contributed by atoms with Crippen molar-refractivity contribution in [2.45, 2.75) is 47.3 Å². The van der Waals surface area contributed by atoms with E-state index in [1.807, 2.05) is 34.6 Å². The summed E-state index contributed by atoms with van der Waals surface area (Å²) in [6.45, 7) is 9.45. The number of carbonyl (C=O) groups is 1. The van der Waals surface area contributed by atoms with Crippen molar-refractivity contribution in [3.8, 4) is 0 Å². The molecule has 13 heavy (non-hydrogen) atoms. The zero-order valence-corrected chi connectivity index (χ0v) is 9.22. The van der Waals surface area contributed by atoms with Crippen molar-refractivity contribution < 1.29 is 9.90 Å². The van der Waals surface area contributed by atoms with Crippen LogP contribution in [0.2, 0.25) is 0 Å². The van der Waals surface area contributed by atoms with Gasteiger partial charge in [-0.2, -0.15) is 0 Å². The molecule has 2 N–H and O–H groups in total. The number of aliphatic hydroxyl groups excluding tert-OH is 1. The van der Waals surface area contributed by atoms with Gasteiger partial charge < -0.3 is 10.4 Å².